The van der Waals surface area contributed by atoms with Gasteiger partial charge in [-0.25, -0.2) is 9.87 Å². The van der Waals surface area contributed by atoms with E-state index < -0.39 is 21.8 Å². The molecule has 0 atom stereocenters. The van der Waals surface area contributed by atoms with Gasteiger partial charge < -0.3 is 8.92 Å². The number of hydrogen-bond donors (Lipinski definition) is 2. The second kappa shape index (κ2) is 7.77. The van der Waals surface area contributed by atoms with Gasteiger partial charge in [-0.15, -0.1) is 0 Å². The molecule has 0 saturated heterocycles. The average molecular weight is 367 g/mol. The number of carbonyl (C=O) groups is 1. The Kier molecular flexibility index (Phi) is 5.73. The van der Waals surface area contributed by atoms with E-state index in [0.717, 1.165) is 30.3 Å². The predicted octanol–water partition coefficient (Wildman–Crippen LogP) is 2.12. The van der Waals surface area contributed by atoms with Crippen molar-refractivity contribution in [2.24, 2.45) is 0 Å². The van der Waals surface area contributed by atoms with Crippen molar-refractivity contribution in [3.63, 3.8) is 0 Å². The van der Waals surface area contributed by atoms with Gasteiger partial charge in [0.05, 0.1) is 7.11 Å². The van der Waals surface area contributed by atoms with E-state index in [1.54, 1.807) is 0 Å². The van der Waals surface area contributed by atoms with Crippen LogP contribution in [0.25, 0.3) is 6.08 Å². The molecule has 132 valence electrons. The minimum absolute atomic E-state index is 0.0735. The van der Waals surface area contributed by atoms with Crippen LogP contribution in [0.5, 0.6) is 11.5 Å². The minimum atomic E-state index is -4.17. The number of hydrogen-bond acceptors (Lipinski definition) is 6. The van der Waals surface area contributed by atoms with E-state index >= 15 is 0 Å². The highest BCUT2D eigenvalue weighted by Crippen LogP contribution is 2.31. The lowest BCUT2D eigenvalue weighted by atomic mass is 10.2. The lowest BCUT2D eigenvalue weighted by molar-refractivity contribution is -0.124. The monoisotopic (exact) mass is 367 g/mol. The van der Waals surface area contributed by atoms with E-state index in [4.69, 9.17) is 14.1 Å². The van der Waals surface area contributed by atoms with Gasteiger partial charge in [-0.05, 0) is 48.0 Å². The molecule has 0 aliphatic rings. The van der Waals surface area contributed by atoms with Crippen molar-refractivity contribution in [1.29, 1.82) is 0 Å². The van der Waals surface area contributed by atoms with Crippen LogP contribution < -0.4 is 14.4 Å². The minimum Gasteiger partial charge on any atom is -0.493 e. The van der Waals surface area contributed by atoms with Crippen molar-refractivity contribution in [3.8, 4) is 11.5 Å². The Morgan fingerprint density at radius 2 is 1.84 bits per heavy atom. The summed E-state index contributed by atoms with van der Waals surface area (Å²) in [6.45, 7) is 0. The fourth-order valence-electron chi connectivity index (χ4n) is 1.83. The van der Waals surface area contributed by atoms with Gasteiger partial charge in [0.1, 0.15) is 10.7 Å². The van der Waals surface area contributed by atoms with Crippen LogP contribution in [0.1, 0.15) is 5.56 Å². The molecule has 0 heterocycles. The van der Waals surface area contributed by atoms with Crippen molar-refractivity contribution >= 4 is 22.1 Å². The summed E-state index contributed by atoms with van der Waals surface area (Å²) in [6, 6.07) is 8.46. The first kappa shape index (κ1) is 18.4. The number of carbonyl (C=O) groups excluding carboxylic acids is 1. The number of benzene rings is 2. The van der Waals surface area contributed by atoms with E-state index in [9.17, 15) is 17.6 Å². The molecular weight excluding hydrogens is 353 g/mol. The van der Waals surface area contributed by atoms with E-state index in [1.807, 2.05) is 0 Å². The smallest absolute Gasteiger partial charge is 0.339 e. The van der Waals surface area contributed by atoms with E-state index in [2.05, 4.69) is 0 Å². The number of halogens is 1. The number of ether oxygens (including phenoxy) is 1. The summed E-state index contributed by atoms with van der Waals surface area (Å²) in [5.74, 6) is -1.26. The topological polar surface area (TPSA) is 102 Å². The summed E-state index contributed by atoms with van der Waals surface area (Å²) >= 11 is 0. The first-order valence-corrected chi connectivity index (χ1v) is 8.27. The summed E-state index contributed by atoms with van der Waals surface area (Å²) in [6.07, 6.45) is 2.46. The van der Waals surface area contributed by atoms with Gasteiger partial charge in [0, 0.05) is 6.08 Å². The molecule has 0 fully saturated rings. The molecule has 0 radical (unpaired) electrons. The maximum atomic E-state index is 12.9. The first-order valence-electron chi connectivity index (χ1n) is 6.86. The summed E-state index contributed by atoms with van der Waals surface area (Å²) in [7, 11) is -2.85. The molecule has 2 rings (SSSR count). The van der Waals surface area contributed by atoms with Crippen LogP contribution in [0, 0.1) is 5.82 Å². The van der Waals surface area contributed by atoms with Crippen LogP contribution in [0.3, 0.4) is 0 Å². The van der Waals surface area contributed by atoms with Gasteiger partial charge in [-0.3, -0.25) is 10.0 Å². The van der Waals surface area contributed by atoms with Crippen LogP contribution in [-0.4, -0.2) is 26.6 Å². The van der Waals surface area contributed by atoms with E-state index in [1.165, 1.54) is 36.9 Å². The zero-order valence-electron chi connectivity index (χ0n) is 13.0. The Hall–Kier alpha value is -2.91. The first-order chi connectivity index (χ1) is 11.9. The molecule has 0 aliphatic carbocycles. The summed E-state index contributed by atoms with van der Waals surface area (Å²) < 4.78 is 47.5. The zero-order valence-corrected chi connectivity index (χ0v) is 13.8. The molecule has 2 aromatic carbocycles. The molecule has 2 aromatic rings. The van der Waals surface area contributed by atoms with Gasteiger partial charge in [0.2, 0.25) is 0 Å². The van der Waals surface area contributed by atoms with Crippen LogP contribution >= 0.6 is 0 Å². The van der Waals surface area contributed by atoms with E-state index in [-0.39, 0.29) is 16.4 Å². The Balaban J connectivity index is 2.28. The lowest BCUT2D eigenvalue weighted by Gasteiger charge is -2.11. The predicted molar refractivity (Wildman–Crippen MR) is 86.2 cm³/mol. The van der Waals surface area contributed by atoms with Gasteiger partial charge in [-0.2, -0.15) is 8.42 Å². The summed E-state index contributed by atoms with van der Waals surface area (Å²) in [5.41, 5.74) is 1.95. The summed E-state index contributed by atoms with van der Waals surface area (Å²) in [4.78, 5) is 10.8. The van der Waals surface area contributed by atoms with Gasteiger partial charge >= 0.3 is 10.1 Å². The maximum absolute atomic E-state index is 12.9. The highest BCUT2D eigenvalue weighted by molar-refractivity contribution is 7.87. The van der Waals surface area contributed by atoms with Crippen molar-refractivity contribution in [2.45, 2.75) is 4.90 Å². The second-order valence-corrected chi connectivity index (χ2v) is 6.26. The third-order valence-electron chi connectivity index (χ3n) is 3.03. The molecule has 0 aromatic heterocycles. The van der Waals surface area contributed by atoms with Gasteiger partial charge in [0.25, 0.3) is 5.91 Å². The molecule has 0 spiro atoms. The Labute approximate surface area is 143 Å². The van der Waals surface area contributed by atoms with Crippen LogP contribution in [0.2, 0.25) is 0 Å². The molecule has 0 unspecified atom stereocenters. The van der Waals surface area contributed by atoms with Crippen LogP contribution in [0.15, 0.2) is 53.4 Å². The third-order valence-corrected chi connectivity index (χ3v) is 4.28. The molecule has 25 heavy (non-hydrogen) atoms. The molecule has 7 nitrogen and oxygen atoms in total. The molecule has 1 amide bonds. The number of hydroxylamine groups is 1. The van der Waals surface area contributed by atoms with Crippen molar-refractivity contribution in [3.05, 3.63) is 59.9 Å². The highest BCUT2D eigenvalue weighted by Gasteiger charge is 2.19. The molecule has 0 aliphatic heterocycles. The molecule has 2 N–H and O–H groups in total. The molecule has 0 bridgehead atoms. The van der Waals surface area contributed by atoms with Crippen molar-refractivity contribution in [2.75, 3.05) is 7.11 Å². The molecule has 9 heteroatoms. The summed E-state index contributed by atoms with van der Waals surface area (Å²) in [5, 5.41) is 8.43. The van der Waals surface area contributed by atoms with Crippen molar-refractivity contribution in [1.82, 2.24) is 5.48 Å². The fraction of sp³-hybridized carbons (Fsp3) is 0.0625. The average Bonchev–Trinajstić information content (AvgIpc) is 2.60. The fourth-order valence-corrected chi connectivity index (χ4v) is 2.77. The Morgan fingerprint density at radius 1 is 1.16 bits per heavy atom. The van der Waals surface area contributed by atoms with Gasteiger partial charge in [-0.1, -0.05) is 6.07 Å². The normalized spacial score (nSPS) is 11.3. The van der Waals surface area contributed by atoms with Crippen LogP contribution in [-0.2, 0) is 14.9 Å². The van der Waals surface area contributed by atoms with E-state index in [0.29, 0.717) is 5.56 Å². The van der Waals surface area contributed by atoms with Crippen LogP contribution in [0.4, 0.5) is 4.39 Å². The quantitative estimate of drug-likeness (QED) is 0.351. The SMILES string of the molecule is COc1cc(C=CC(=O)NO)ccc1OS(=O)(=O)c1ccc(F)cc1. The Bertz CT molecular complexity index is 893. The lowest BCUT2D eigenvalue weighted by Crippen LogP contribution is -2.14. The second-order valence-electron chi connectivity index (χ2n) is 4.71. The highest BCUT2D eigenvalue weighted by atomic mass is 32.2. The standard InChI is InChI=1S/C16H14FNO6S/c1-23-15-10-11(3-9-16(19)18-20)2-8-14(15)24-25(21,22)13-6-4-12(17)5-7-13/h2-10,20H,1H3,(H,18,19). The maximum Gasteiger partial charge on any atom is 0.339 e. The number of methoxy groups -OCH3 is 1. The number of nitrogens with one attached hydrogen (secondary N) is 1. The number of rotatable bonds is 6. The third kappa shape index (κ3) is 4.78. The Morgan fingerprint density at radius 3 is 2.44 bits per heavy atom. The number of amides is 1. The van der Waals surface area contributed by atoms with Crippen molar-refractivity contribution < 1.29 is 31.7 Å². The van der Waals surface area contributed by atoms with Gasteiger partial charge in [0.15, 0.2) is 11.5 Å². The largest absolute Gasteiger partial charge is 0.493 e. The molecular formula is C16H14FNO6S. The molecule has 0 saturated carbocycles. The zero-order chi connectivity index (χ0) is 18.4.